The van der Waals surface area contributed by atoms with E-state index in [0.717, 1.165) is 44.8 Å². The van der Waals surface area contributed by atoms with Crippen LogP contribution < -0.4 is 4.74 Å². The average molecular weight is 276 g/mol. The Morgan fingerprint density at radius 3 is 2.70 bits per heavy atom. The normalized spacial score (nSPS) is 15.9. The highest BCUT2D eigenvalue weighted by Gasteiger charge is 2.17. The number of ether oxygens (including phenoxy) is 1. The maximum absolute atomic E-state index is 11.2. The van der Waals surface area contributed by atoms with E-state index < -0.39 is 0 Å². The van der Waals surface area contributed by atoms with Gasteiger partial charge in [-0.15, -0.1) is 0 Å². The Balaban J connectivity index is 1.71. The van der Waals surface area contributed by atoms with Crippen LogP contribution in [-0.4, -0.2) is 61.3 Å². The lowest BCUT2D eigenvalue weighted by Crippen LogP contribution is -2.48. The number of benzene rings is 1. The van der Waals surface area contributed by atoms with Crippen LogP contribution in [0.25, 0.3) is 0 Å². The van der Waals surface area contributed by atoms with Crippen LogP contribution in [0.4, 0.5) is 0 Å². The molecule has 0 saturated carbocycles. The minimum atomic E-state index is 0.145. The number of aldehydes is 1. The van der Waals surface area contributed by atoms with E-state index in [4.69, 9.17) is 4.74 Å². The van der Waals surface area contributed by atoms with Gasteiger partial charge in [-0.05, 0) is 12.1 Å². The van der Waals surface area contributed by atoms with Crippen molar-refractivity contribution in [3.05, 3.63) is 29.8 Å². The highest BCUT2D eigenvalue weighted by Crippen LogP contribution is 2.12. The Hall–Kier alpha value is -1.88. The van der Waals surface area contributed by atoms with Crippen LogP contribution >= 0.6 is 0 Å². The SMILES string of the molecule is CC(=O)N1CCN(CCOc2cccc(C=O)c2)CC1. The molecule has 0 unspecified atom stereocenters. The van der Waals surface area contributed by atoms with E-state index >= 15 is 0 Å². The summed E-state index contributed by atoms with van der Waals surface area (Å²) in [7, 11) is 0. The summed E-state index contributed by atoms with van der Waals surface area (Å²) in [5, 5.41) is 0. The largest absolute Gasteiger partial charge is 0.492 e. The van der Waals surface area contributed by atoms with Gasteiger partial charge in [0, 0.05) is 45.2 Å². The Morgan fingerprint density at radius 1 is 1.30 bits per heavy atom. The second-order valence-electron chi connectivity index (χ2n) is 4.89. The molecule has 1 heterocycles. The Labute approximate surface area is 119 Å². The summed E-state index contributed by atoms with van der Waals surface area (Å²) >= 11 is 0. The van der Waals surface area contributed by atoms with Crippen LogP contribution in [0.3, 0.4) is 0 Å². The van der Waals surface area contributed by atoms with Crippen LogP contribution in [0.15, 0.2) is 24.3 Å². The number of carbonyl (C=O) groups excluding carboxylic acids is 2. The van der Waals surface area contributed by atoms with Crippen molar-refractivity contribution in [2.45, 2.75) is 6.92 Å². The third-order valence-electron chi connectivity index (χ3n) is 3.49. The van der Waals surface area contributed by atoms with Crippen molar-refractivity contribution >= 4 is 12.2 Å². The van der Waals surface area contributed by atoms with Crippen LogP contribution in [-0.2, 0) is 4.79 Å². The number of hydrogen-bond donors (Lipinski definition) is 0. The molecular formula is C15H20N2O3. The van der Waals surface area contributed by atoms with E-state index in [-0.39, 0.29) is 5.91 Å². The van der Waals surface area contributed by atoms with Crippen molar-refractivity contribution in [1.29, 1.82) is 0 Å². The lowest BCUT2D eigenvalue weighted by Gasteiger charge is -2.34. The Kier molecular flexibility index (Phi) is 5.12. The zero-order valence-corrected chi connectivity index (χ0v) is 11.7. The lowest BCUT2D eigenvalue weighted by molar-refractivity contribution is -0.130. The molecule has 0 radical (unpaired) electrons. The van der Waals surface area contributed by atoms with E-state index in [1.807, 2.05) is 17.0 Å². The number of amides is 1. The van der Waals surface area contributed by atoms with Gasteiger partial charge in [-0.25, -0.2) is 0 Å². The summed E-state index contributed by atoms with van der Waals surface area (Å²) in [6.45, 7) is 6.37. The second kappa shape index (κ2) is 7.05. The van der Waals surface area contributed by atoms with E-state index in [2.05, 4.69) is 4.90 Å². The van der Waals surface area contributed by atoms with Crippen molar-refractivity contribution in [3.63, 3.8) is 0 Å². The van der Waals surface area contributed by atoms with E-state index in [1.54, 1.807) is 19.1 Å². The van der Waals surface area contributed by atoms with Gasteiger partial charge < -0.3 is 9.64 Å². The van der Waals surface area contributed by atoms with E-state index in [9.17, 15) is 9.59 Å². The van der Waals surface area contributed by atoms with Gasteiger partial charge in [0.25, 0.3) is 0 Å². The first kappa shape index (κ1) is 14.5. The molecule has 0 atom stereocenters. The fourth-order valence-electron chi connectivity index (χ4n) is 2.26. The molecule has 1 aromatic rings. The molecule has 0 bridgehead atoms. The predicted octanol–water partition coefficient (Wildman–Crippen LogP) is 1.04. The third-order valence-corrected chi connectivity index (χ3v) is 3.49. The molecule has 1 saturated heterocycles. The monoisotopic (exact) mass is 276 g/mol. The molecule has 20 heavy (non-hydrogen) atoms. The molecule has 1 fully saturated rings. The molecule has 108 valence electrons. The van der Waals surface area contributed by atoms with Gasteiger partial charge in [0.15, 0.2) is 0 Å². The van der Waals surface area contributed by atoms with Gasteiger partial charge in [-0.2, -0.15) is 0 Å². The minimum absolute atomic E-state index is 0.145. The first-order chi connectivity index (χ1) is 9.69. The smallest absolute Gasteiger partial charge is 0.219 e. The number of nitrogens with zero attached hydrogens (tertiary/aromatic N) is 2. The van der Waals surface area contributed by atoms with Gasteiger partial charge in [-0.1, -0.05) is 12.1 Å². The molecule has 2 rings (SSSR count). The van der Waals surface area contributed by atoms with Crippen molar-refractivity contribution in [2.75, 3.05) is 39.3 Å². The van der Waals surface area contributed by atoms with Crippen molar-refractivity contribution < 1.29 is 14.3 Å². The first-order valence-corrected chi connectivity index (χ1v) is 6.85. The molecule has 5 nitrogen and oxygen atoms in total. The summed E-state index contributed by atoms with van der Waals surface area (Å²) < 4.78 is 5.64. The van der Waals surface area contributed by atoms with Crippen LogP contribution in [0.2, 0.25) is 0 Å². The molecule has 1 aliphatic rings. The van der Waals surface area contributed by atoms with Gasteiger partial charge in [0.2, 0.25) is 5.91 Å². The van der Waals surface area contributed by atoms with Crippen LogP contribution in [0.1, 0.15) is 17.3 Å². The van der Waals surface area contributed by atoms with Gasteiger partial charge >= 0.3 is 0 Å². The molecule has 5 heteroatoms. The molecule has 1 amide bonds. The van der Waals surface area contributed by atoms with E-state index in [0.29, 0.717) is 12.2 Å². The summed E-state index contributed by atoms with van der Waals surface area (Å²) in [6, 6.07) is 7.15. The predicted molar refractivity (Wildman–Crippen MR) is 76.0 cm³/mol. The van der Waals surface area contributed by atoms with Crippen LogP contribution in [0.5, 0.6) is 5.75 Å². The van der Waals surface area contributed by atoms with Crippen LogP contribution in [0, 0.1) is 0 Å². The number of carbonyl (C=O) groups is 2. The average Bonchev–Trinajstić information content (AvgIpc) is 2.48. The molecule has 0 aromatic heterocycles. The maximum atomic E-state index is 11.2. The Bertz CT molecular complexity index is 468. The molecular weight excluding hydrogens is 256 g/mol. The lowest BCUT2D eigenvalue weighted by atomic mass is 10.2. The summed E-state index contributed by atoms with van der Waals surface area (Å²) in [6.07, 6.45) is 0.813. The quantitative estimate of drug-likeness (QED) is 0.754. The van der Waals surface area contributed by atoms with Crippen molar-refractivity contribution in [2.24, 2.45) is 0 Å². The van der Waals surface area contributed by atoms with Gasteiger partial charge in [-0.3, -0.25) is 14.5 Å². The number of rotatable bonds is 5. The number of piperazine rings is 1. The Morgan fingerprint density at radius 2 is 2.05 bits per heavy atom. The topological polar surface area (TPSA) is 49.9 Å². The van der Waals surface area contributed by atoms with E-state index in [1.165, 1.54) is 0 Å². The zero-order chi connectivity index (χ0) is 14.4. The number of hydrogen-bond acceptors (Lipinski definition) is 4. The standard InChI is InChI=1S/C15H20N2O3/c1-13(19)17-7-5-16(6-8-17)9-10-20-15-4-2-3-14(11-15)12-18/h2-4,11-12H,5-10H2,1H3. The summed E-state index contributed by atoms with van der Waals surface area (Å²) in [5.74, 6) is 0.864. The minimum Gasteiger partial charge on any atom is -0.492 e. The fourth-order valence-corrected chi connectivity index (χ4v) is 2.26. The maximum Gasteiger partial charge on any atom is 0.219 e. The summed E-state index contributed by atoms with van der Waals surface area (Å²) in [5.41, 5.74) is 0.623. The second-order valence-corrected chi connectivity index (χ2v) is 4.89. The third kappa shape index (κ3) is 4.06. The molecule has 1 aliphatic heterocycles. The molecule has 0 aliphatic carbocycles. The molecule has 1 aromatic carbocycles. The summed E-state index contributed by atoms with van der Waals surface area (Å²) in [4.78, 5) is 26.0. The first-order valence-electron chi connectivity index (χ1n) is 6.85. The zero-order valence-electron chi connectivity index (χ0n) is 11.7. The highest BCUT2D eigenvalue weighted by atomic mass is 16.5. The van der Waals surface area contributed by atoms with Crippen molar-refractivity contribution in [3.8, 4) is 5.75 Å². The fraction of sp³-hybridized carbons (Fsp3) is 0.467. The molecule has 0 N–H and O–H groups in total. The van der Waals surface area contributed by atoms with Crippen molar-refractivity contribution in [1.82, 2.24) is 9.80 Å². The van der Waals surface area contributed by atoms with Gasteiger partial charge in [0.05, 0.1) is 0 Å². The van der Waals surface area contributed by atoms with Gasteiger partial charge in [0.1, 0.15) is 18.6 Å². The highest BCUT2D eigenvalue weighted by molar-refractivity contribution is 5.75. The molecule has 0 spiro atoms.